The molecule has 0 atom stereocenters. The highest BCUT2D eigenvalue weighted by Crippen LogP contribution is 2.34. The summed E-state index contributed by atoms with van der Waals surface area (Å²) in [6.07, 6.45) is -2.70. The molecule has 6 heteroatoms. The Hall–Kier alpha value is -2.63. The maximum atomic E-state index is 12.9. The monoisotopic (exact) mass is 310 g/mol. The maximum Gasteiger partial charge on any atom is 0.416 e. The zero-order valence-corrected chi connectivity index (χ0v) is 11.1. The van der Waals surface area contributed by atoms with Gasteiger partial charge in [0, 0.05) is 6.08 Å². The third-order valence-electron chi connectivity index (χ3n) is 2.94. The van der Waals surface area contributed by atoms with Crippen molar-refractivity contribution in [3.63, 3.8) is 0 Å². The molecule has 114 valence electrons. The van der Waals surface area contributed by atoms with Crippen molar-refractivity contribution in [1.29, 1.82) is 0 Å². The molecule has 0 fully saturated rings. The number of aliphatic carboxylic acids is 1. The smallest absolute Gasteiger partial charge is 0.416 e. The molecule has 22 heavy (non-hydrogen) atoms. The second kappa shape index (κ2) is 6.01. The van der Waals surface area contributed by atoms with E-state index in [0.29, 0.717) is 11.1 Å². The molecule has 0 aliphatic heterocycles. The van der Waals surface area contributed by atoms with E-state index in [1.54, 1.807) is 0 Å². The lowest BCUT2D eigenvalue weighted by molar-refractivity contribution is -0.137. The topological polar surface area (TPSA) is 37.3 Å². The number of hydrogen-bond acceptors (Lipinski definition) is 1. The molecule has 0 aliphatic carbocycles. The predicted molar refractivity (Wildman–Crippen MR) is 73.5 cm³/mol. The first-order chi connectivity index (χ1) is 10.3. The van der Waals surface area contributed by atoms with Crippen LogP contribution in [0.5, 0.6) is 0 Å². The van der Waals surface area contributed by atoms with Crippen molar-refractivity contribution in [2.75, 3.05) is 0 Å². The number of carbonyl (C=O) groups is 1. The van der Waals surface area contributed by atoms with Gasteiger partial charge in [-0.25, -0.2) is 9.18 Å². The summed E-state index contributed by atoms with van der Waals surface area (Å²) in [6.45, 7) is 0. The van der Waals surface area contributed by atoms with Crippen LogP contribution in [0.2, 0.25) is 0 Å². The highest BCUT2D eigenvalue weighted by molar-refractivity contribution is 5.88. The van der Waals surface area contributed by atoms with E-state index in [2.05, 4.69) is 0 Å². The van der Waals surface area contributed by atoms with Crippen LogP contribution in [0.15, 0.2) is 48.5 Å². The molecule has 0 aliphatic rings. The van der Waals surface area contributed by atoms with Crippen LogP contribution in [0, 0.1) is 5.82 Å². The molecule has 0 bridgehead atoms. The summed E-state index contributed by atoms with van der Waals surface area (Å²) in [5, 5.41) is 8.64. The van der Waals surface area contributed by atoms with Crippen molar-refractivity contribution in [3.8, 4) is 11.1 Å². The second-order valence-electron chi connectivity index (χ2n) is 4.48. The zero-order chi connectivity index (χ0) is 16.3. The lowest BCUT2D eigenvalue weighted by atomic mass is 9.97. The van der Waals surface area contributed by atoms with Crippen LogP contribution in [0.25, 0.3) is 17.2 Å². The van der Waals surface area contributed by atoms with Crippen molar-refractivity contribution < 1.29 is 27.5 Å². The third-order valence-corrected chi connectivity index (χ3v) is 2.94. The van der Waals surface area contributed by atoms with Gasteiger partial charge in [0.05, 0.1) is 5.56 Å². The molecule has 2 rings (SSSR count). The van der Waals surface area contributed by atoms with Gasteiger partial charge in [-0.15, -0.1) is 0 Å². The van der Waals surface area contributed by atoms with E-state index in [1.807, 2.05) is 0 Å². The van der Waals surface area contributed by atoms with Gasteiger partial charge in [-0.05, 0) is 47.0 Å². The van der Waals surface area contributed by atoms with Gasteiger partial charge in [0.25, 0.3) is 0 Å². The Morgan fingerprint density at radius 2 is 1.68 bits per heavy atom. The van der Waals surface area contributed by atoms with Crippen molar-refractivity contribution in [2.24, 2.45) is 0 Å². The minimum absolute atomic E-state index is 0.0869. The molecule has 2 aromatic carbocycles. The van der Waals surface area contributed by atoms with Crippen LogP contribution in [0.1, 0.15) is 11.1 Å². The summed E-state index contributed by atoms with van der Waals surface area (Å²) < 4.78 is 51.2. The summed E-state index contributed by atoms with van der Waals surface area (Å²) in [6, 6.07) is 8.17. The molecule has 0 radical (unpaired) electrons. The number of halogens is 4. The molecule has 2 aromatic rings. The number of carboxylic acids is 1. The molecule has 0 aromatic heterocycles. The van der Waals surface area contributed by atoms with E-state index in [1.165, 1.54) is 30.3 Å². The van der Waals surface area contributed by atoms with Crippen LogP contribution in [0.3, 0.4) is 0 Å². The van der Waals surface area contributed by atoms with Crippen LogP contribution < -0.4 is 0 Å². The number of benzene rings is 2. The Morgan fingerprint density at radius 1 is 1.05 bits per heavy atom. The van der Waals surface area contributed by atoms with E-state index in [4.69, 9.17) is 5.11 Å². The van der Waals surface area contributed by atoms with Gasteiger partial charge in [0.1, 0.15) is 5.82 Å². The minimum Gasteiger partial charge on any atom is -0.478 e. The molecule has 0 spiro atoms. The first-order valence-electron chi connectivity index (χ1n) is 6.15. The highest BCUT2D eigenvalue weighted by atomic mass is 19.4. The first-order valence-corrected chi connectivity index (χ1v) is 6.15. The van der Waals surface area contributed by atoms with Crippen molar-refractivity contribution in [2.45, 2.75) is 6.18 Å². The molecule has 0 heterocycles. The van der Waals surface area contributed by atoms with E-state index in [9.17, 15) is 22.4 Å². The van der Waals surface area contributed by atoms with Gasteiger partial charge >= 0.3 is 12.1 Å². The number of rotatable bonds is 3. The summed E-state index contributed by atoms with van der Waals surface area (Å²) in [5.74, 6) is -1.75. The maximum absolute atomic E-state index is 12.9. The largest absolute Gasteiger partial charge is 0.478 e. The van der Waals surface area contributed by atoms with E-state index >= 15 is 0 Å². The molecule has 0 saturated carbocycles. The van der Waals surface area contributed by atoms with Crippen molar-refractivity contribution >= 4 is 12.0 Å². The van der Waals surface area contributed by atoms with E-state index in [0.717, 1.165) is 24.3 Å². The van der Waals surface area contributed by atoms with Crippen molar-refractivity contribution in [1.82, 2.24) is 0 Å². The lowest BCUT2D eigenvalue weighted by Gasteiger charge is -2.11. The van der Waals surface area contributed by atoms with Gasteiger partial charge in [0.15, 0.2) is 0 Å². The van der Waals surface area contributed by atoms with Crippen LogP contribution in [0.4, 0.5) is 17.6 Å². The van der Waals surface area contributed by atoms with Gasteiger partial charge in [-0.2, -0.15) is 13.2 Å². The molecule has 2 nitrogen and oxygen atoms in total. The molecular formula is C16H10F4O2. The Kier molecular flexibility index (Phi) is 4.30. The molecule has 0 unspecified atom stereocenters. The summed E-state index contributed by atoms with van der Waals surface area (Å²) in [4.78, 5) is 10.6. The van der Waals surface area contributed by atoms with Crippen LogP contribution in [-0.2, 0) is 11.0 Å². The lowest BCUT2D eigenvalue weighted by Crippen LogP contribution is -2.05. The summed E-state index contributed by atoms with van der Waals surface area (Å²) in [5.41, 5.74) is 0.0675. The standard InChI is InChI=1S/C16H10F4O2/c17-13-5-1-10(2-6-13)14-7-4-12(16(18,19)20)9-11(14)3-8-15(21)22/h1-9H,(H,21,22). The van der Waals surface area contributed by atoms with Gasteiger partial charge in [-0.1, -0.05) is 18.2 Å². The molecule has 0 amide bonds. The van der Waals surface area contributed by atoms with E-state index < -0.39 is 23.5 Å². The zero-order valence-electron chi connectivity index (χ0n) is 11.1. The molecule has 1 N–H and O–H groups in total. The molecular weight excluding hydrogens is 300 g/mol. The predicted octanol–water partition coefficient (Wildman–Crippen LogP) is 4.61. The van der Waals surface area contributed by atoms with Crippen molar-refractivity contribution in [3.05, 3.63) is 65.5 Å². The number of carboxylic acid groups (broad SMARTS) is 1. The van der Waals surface area contributed by atoms with Gasteiger partial charge < -0.3 is 5.11 Å². The molecule has 0 saturated heterocycles. The Labute approximate surface area is 123 Å². The Balaban J connectivity index is 2.57. The average Bonchev–Trinajstić information content (AvgIpc) is 2.45. The minimum atomic E-state index is -4.53. The Bertz CT molecular complexity index is 716. The highest BCUT2D eigenvalue weighted by Gasteiger charge is 2.30. The van der Waals surface area contributed by atoms with Gasteiger partial charge in [-0.3, -0.25) is 0 Å². The van der Waals surface area contributed by atoms with Crippen LogP contribution >= 0.6 is 0 Å². The first kappa shape index (κ1) is 15.8. The second-order valence-corrected chi connectivity index (χ2v) is 4.48. The van der Waals surface area contributed by atoms with E-state index in [-0.39, 0.29) is 5.56 Å². The quantitative estimate of drug-likeness (QED) is 0.664. The third kappa shape index (κ3) is 3.72. The fourth-order valence-corrected chi connectivity index (χ4v) is 1.93. The van der Waals surface area contributed by atoms with Crippen LogP contribution in [-0.4, -0.2) is 11.1 Å². The van der Waals surface area contributed by atoms with Gasteiger partial charge in [0.2, 0.25) is 0 Å². The number of alkyl halides is 3. The normalized spacial score (nSPS) is 11.8. The number of hydrogen-bond donors (Lipinski definition) is 1. The fourth-order valence-electron chi connectivity index (χ4n) is 1.93. The fraction of sp³-hybridized carbons (Fsp3) is 0.0625. The summed E-state index contributed by atoms with van der Waals surface area (Å²) in [7, 11) is 0. The summed E-state index contributed by atoms with van der Waals surface area (Å²) >= 11 is 0. The average molecular weight is 310 g/mol. The Morgan fingerprint density at radius 3 is 2.23 bits per heavy atom. The SMILES string of the molecule is O=C(O)C=Cc1cc(C(F)(F)F)ccc1-c1ccc(F)cc1.